The molecule has 0 saturated carbocycles. The van der Waals surface area contributed by atoms with Gasteiger partial charge < -0.3 is 15.7 Å². The third kappa shape index (κ3) is 5.82. The summed E-state index contributed by atoms with van der Waals surface area (Å²) in [6, 6.07) is 10.0. The molecule has 1 atom stereocenters. The Morgan fingerprint density at radius 3 is 2.33 bits per heavy atom. The predicted molar refractivity (Wildman–Crippen MR) is 98.2 cm³/mol. The van der Waals surface area contributed by atoms with E-state index in [1.165, 1.54) is 25.7 Å². The molecular formula is C16H26IN3O. The van der Waals surface area contributed by atoms with Gasteiger partial charge >= 0.3 is 0 Å². The van der Waals surface area contributed by atoms with Crippen molar-refractivity contribution >= 4 is 29.9 Å². The van der Waals surface area contributed by atoms with Crippen LogP contribution in [0.5, 0.6) is 0 Å². The van der Waals surface area contributed by atoms with E-state index in [0.29, 0.717) is 12.5 Å². The fraction of sp³-hybridized carbons (Fsp3) is 0.562. The first-order valence-corrected chi connectivity index (χ1v) is 7.52. The Morgan fingerprint density at radius 2 is 1.76 bits per heavy atom. The maximum absolute atomic E-state index is 9.52. The first-order valence-electron chi connectivity index (χ1n) is 7.52. The summed E-state index contributed by atoms with van der Waals surface area (Å²) in [5.74, 6) is 0.656. The van der Waals surface area contributed by atoms with Crippen molar-refractivity contribution in [3.05, 3.63) is 35.9 Å². The molecule has 118 valence electrons. The SMILES string of the molecule is I.NC(=NCC(CO)c1ccccc1)N1CCCCCC1. The van der Waals surface area contributed by atoms with Crippen LogP contribution in [0.15, 0.2) is 35.3 Å². The molecule has 1 saturated heterocycles. The van der Waals surface area contributed by atoms with Gasteiger partial charge in [-0.2, -0.15) is 0 Å². The Bertz CT molecular complexity index is 417. The van der Waals surface area contributed by atoms with Gasteiger partial charge in [-0.05, 0) is 18.4 Å². The van der Waals surface area contributed by atoms with Crippen LogP contribution in [0.3, 0.4) is 0 Å². The summed E-state index contributed by atoms with van der Waals surface area (Å²) >= 11 is 0. The Kier molecular flexibility index (Phi) is 8.68. The van der Waals surface area contributed by atoms with Crippen LogP contribution in [0.1, 0.15) is 37.2 Å². The lowest BCUT2D eigenvalue weighted by Gasteiger charge is -2.22. The first kappa shape index (κ1) is 18.2. The number of aliphatic hydroxyl groups excluding tert-OH is 1. The number of rotatable bonds is 4. The normalized spacial score (nSPS) is 17.8. The maximum atomic E-state index is 9.52. The Labute approximate surface area is 144 Å². The highest BCUT2D eigenvalue weighted by atomic mass is 127. The van der Waals surface area contributed by atoms with Crippen molar-refractivity contribution in [2.24, 2.45) is 10.7 Å². The van der Waals surface area contributed by atoms with E-state index in [2.05, 4.69) is 9.89 Å². The van der Waals surface area contributed by atoms with Crippen LogP contribution < -0.4 is 5.73 Å². The minimum absolute atomic E-state index is 0. The highest BCUT2D eigenvalue weighted by molar-refractivity contribution is 14.0. The lowest BCUT2D eigenvalue weighted by molar-refractivity contribution is 0.267. The van der Waals surface area contributed by atoms with Crippen LogP contribution >= 0.6 is 24.0 Å². The Balaban J connectivity index is 0.00000220. The Morgan fingerprint density at radius 1 is 1.14 bits per heavy atom. The topological polar surface area (TPSA) is 61.9 Å². The van der Waals surface area contributed by atoms with Crippen LogP contribution in [-0.2, 0) is 0 Å². The number of hydrogen-bond acceptors (Lipinski definition) is 2. The summed E-state index contributed by atoms with van der Waals surface area (Å²) in [6.45, 7) is 2.65. The maximum Gasteiger partial charge on any atom is 0.191 e. The van der Waals surface area contributed by atoms with Crippen LogP contribution in [0, 0.1) is 0 Å². The first-order chi connectivity index (χ1) is 9.81. The van der Waals surface area contributed by atoms with E-state index in [1.807, 2.05) is 30.3 Å². The third-order valence-electron chi connectivity index (χ3n) is 3.90. The average Bonchev–Trinajstić information content (AvgIpc) is 2.78. The quantitative estimate of drug-likeness (QED) is 0.462. The van der Waals surface area contributed by atoms with Crippen LogP contribution in [0.4, 0.5) is 0 Å². The van der Waals surface area contributed by atoms with Gasteiger partial charge in [0.2, 0.25) is 0 Å². The molecule has 1 aliphatic heterocycles. The molecule has 0 aromatic heterocycles. The summed E-state index contributed by atoms with van der Waals surface area (Å²) in [6.07, 6.45) is 4.96. The number of hydrogen-bond donors (Lipinski definition) is 2. The predicted octanol–water partition coefficient (Wildman–Crippen LogP) is 2.57. The lowest BCUT2D eigenvalue weighted by atomic mass is 10.0. The molecule has 4 nitrogen and oxygen atoms in total. The van der Waals surface area contributed by atoms with Crippen molar-refractivity contribution in [3.63, 3.8) is 0 Å². The van der Waals surface area contributed by atoms with Gasteiger partial charge in [0.1, 0.15) is 0 Å². The highest BCUT2D eigenvalue weighted by Gasteiger charge is 2.13. The molecule has 0 radical (unpaired) electrons. The highest BCUT2D eigenvalue weighted by Crippen LogP contribution is 2.15. The minimum atomic E-state index is 0. The van der Waals surface area contributed by atoms with Crippen LogP contribution in [0.2, 0.25) is 0 Å². The standard InChI is InChI=1S/C16H25N3O.HI/c17-16(19-10-6-1-2-7-11-19)18-12-15(13-20)14-8-4-3-5-9-14;/h3-5,8-9,15,20H,1-2,6-7,10-13H2,(H2,17,18);1H. The van der Waals surface area contributed by atoms with E-state index in [-0.39, 0.29) is 36.5 Å². The lowest BCUT2D eigenvalue weighted by Crippen LogP contribution is -2.38. The molecule has 0 aliphatic carbocycles. The van der Waals surface area contributed by atoms with E-state index in [9.17, 15) is 5.11 Å². The van der Waals surface area contributed by atoms with Crippen LogP contribution in [-0.4, -0.2) is 42.2 Å². The van der Waals surface area contributed by atoms with Crippen molar-refractivity contribution in [2.75, 3.05) is 26.2 Å². The molecule has 1 aromatic carbocycles. The molecule has 21 heavy (non-hydrogen) atoms. The van der Waals surface area contributed by atoms with Crippen molar-refractivity contribution < 1.29 is 5.11 Å². The number of nitrogens with zero attached hydrogens (tertiary/aromatic N) is 2. The molecule has 1 fully saturated rings. The van der Waals surface area contributed by atoms with Gasteiger partial charge in [0.25, 0.3) is 0 Å². The molecular weight excluding hydrogens is 377 g/mol. The van der Waals surface area contributed by atoms with Gasteiger partial charge in [-0.3, -0.25) is 4.99 Å². The van der Waals surface area contributed by atoms with Gasteiger partial charge in [-0.1, -0.05) is 43.2 Å². The number of aliphatic hydroxyl groups is 1. The summed E-state index contributed by atoms with van der Waals surface area (Å²) in [5.41, 5.74) is 7.21. The molecule has 1 aromatic rings. The number of halogens is 1. The zero-order valence-corrected chi connectivity index (χ0v) is 14.8. The fourth-order valence-electron chi connectivity index (χ4n) is 2.60. The smallest absolute Gasteiger partial charge is 0.191 e. The van der Waals surface area contributed by atoms with Gasteiger partial charge in [0.15, 0.2) is 5.96 Å². The average molecular weight is 403 g/mol. The number of benzene rings is 1. The van der Waals surface area contributed by atoms with E-state index in [4.69, 9.17) is 5.73 Å². The number of likely N-dealkylation sites (tertiary alicyclic amines) is 1. The molecule has 0 spiro atoms. The molecule has 1 heterocycles. The van der Waals surface area contributed by atoms with E-state index >= 15 is 0 Å². The zero-order chi connectivity index (χ0) is 14.2. The number of aliphatic imine (C=N–C) groups is 1. The second-order valence-electron chi connectivity index (χ2n) is 5.39. The molecule has 1 unspecified atom stereocenters. The number of nitrogens with two attached hydrogens (primary N) is 1. The molecule has 5 heteroatoms. The summed E-state index contributed by atoms with van der Waals surface area (Å²) in [7, 11) is 0. The van der Waals surface area contributed by atoms with Gasteiger partial charge in [0, 0.05) is 19.0 Å². The summed E-state index contributed by atoms with van der Waals surface area (Å²) in [5, 5.41) is 9.52. The molecule has 2 rings (SSSR count). The van der Waals surface area contributed by atoms with Crippen molar-refractivity contribution in [1.82, 2.24) is 4.90 Å². The van der Waals surface area contributed by atoms with Crippen molar-refractivity contribution in [2.45, 2.75) is 31.6 Å². The van der Waals surface area contributed by atoms with E-state index < -0.39 is 0 Å². The zero-order valence-electron chi connectivity index (χ0n) is 12.4. The van der Waals surface area contributed by atoms with Crippen molar-refractivity contribution in [1.29, 1.82) is 0 Å². The fourth-order valence-corrected chi connectivity index (χ4v) is 2.60. The summed E-state index contributed by atoms with van der Waals surface area (Å²) < 4.78 is 0. The van der Waals surface area contributed by atoms with Crippen molar-refractivity contribution in [3.8, 4) is 0 Å². The second-order valence-corrected chi connectivity index (χ2v) is 5.39. The number of guanidine groups is 1. The summed E-state index contributed by atoms with van der Waals surface area (Å²) in [4.78, 5) is 6.67. The van der Waals surface area contributed by atoms with Crippen LogP contribution in [0.25, 0.3) is 0 Å². The second kappa shape index (κ2) is 10.00. The molecule has 0 amide bonds. The minimum Gasteiger partial charge on any atom is -0.396 e. The molecule has 3 N–H and O–H groups in total. The Hall–Kier alpha value is -0.820. The molecule has 0 bridgehead atoms. The van der Waals surface area contributed by atoms with Gasteiger partial charge in [-0.25, -0.2) is 0 Å². The van der Waals surface area contributed by atoms with Gasteiger partial charge in [-0.15, -0.1) is 24.0 Å². The third-order valence-corrected chi connectivity index (χ3v) is 3.90. The van der Waals surface area contributed by atoms with Gasteiger partial charge in [0.05, 0.1) is 13.2 Å². The molecule has 1 aliphatic rings. The monoisotopic (exact) mass is 403 g/mol. The largest absolute Gasteiger partial charge is 0.396 e. The van der Waals surface area contributed by atoms with E-state index in [1.54, 1.807) is 0 Å². The van der Waals surface area contributed by atoms with E-state index in [0.717, 1.165) is 18.7 Å².